The van der Waals surface area contributed by atoms with Crippen LogP contribution in [0.1, 0.15) is 22.6 Å². The molecule has 2 aromatic carbocycles. The minimum absolute atomic E-state index is 0.190. The summed E-state index contributed by atoms with van der Waals surface area (Å²) in [5, 5.41) is 16.1. The Labute approximate surface area is 183 Å². The second kappa shape index (κ2) is 7.67. The van der Waals surface area contributed by atoms with Gasteiger partial charge in [-0.1, -0.05) is 18.2 Å². The Bertz CT molecular complexity index is 1170. The van der Waals surface area contributed by atoms with Gasteiger partial charge in [-0.25, -0.2) is 9.37 Å². The zero-order valence-corrected chi connectivity index (χ0v) is 17.5. The van der Waals surface area contributed by atoms with E-state index in [9.17, 15) is 14.4 Å². The summed E-state index contributed by atoms with van der Waals surface area (Å²) in [6.45, 7) is 1.28. The molecule has 2 atom stereocenters. The second-order valence-corrected chi connectivity index (χ2v) is 9.06. The molecular weight excluding hydrogens is 413 g/mol. The standard InChI is InChI=1S/C23H20FN5OS/c24-16-5-7-17(8-6-16)27-19-4-2-1-3-18(19)20-11-26-22(31-20)21(30)28-23-10-9-15(23)12-29(13-23)14-25/h1-8,11,15,27H,9-10,12-13H2,(H,28,30)/t15?,23-/m0/s1. The maximum atomic E-state index is 13.2. The molecule has 2 heterocycles. The first kappa shape index (κ1) is 19.5. The highest BCUT2D eigenvalue weighted by atomic mass is 32.1. The zero-order chi connectivity index (χ0) is 21.4. The van der Waals surface area contributed by atoms with Crippen molar-refractivity contribution in [1.29, 1.82) is 5.26 Å². The minimum Gasteiger partial charge on any atom is -0.355 e. The highest BCUT2D eigenvalue weighted by Gasteiger charge is 2.54. The van der Waals surface area contributed by atoms with Gasteiger partial charge in [-0.2, -0.15) is 5.26 Å². The molecule has 5 rings (SSSR count). The third kappa shape index (κ3) is 3.62. The topological polar surface area (TPSA) is 81.1 Å². The van der Waals surface area contributed by atoms with Crippen molar-refractivity contribution in [2.45, 2.75) is 18.4 Å². The number of thiazole rings is 1. The monoisotopic (exact) mass is 433 g/mol. The van der Waals surface area contributed by atoms with Crippen LogP contribution in [0.5, 0.6) is 0 Å². The Morgan fingerprint density at radius 3 is 2.81 bits per heavy atom. The fourth-order valence-electron chi connectivity index (χ4n) is 4.40. The van der Waals surface area contributed by atoms with Gasteiger partial charge in [0.1, 0.15) is 5.82 Å². The van der Waals surface area contributed by atoms with Gasteiger partial charge >= 0.3 is 0 Å². The number of fused-ring (bicyclic) bond motifs is 1. The third-order valence-electron chi connectivity index (χ3n) is 6.15. The summed E-state index contributed by atoms with van der Waals surface area (Å²) in [5.41, 5.74) is 2.23. The Morgan fingerprint density at radius 1 is 1.26 bits per heavy atom. The number of benzene rings is 2. The summed E-state index contributed by atoms with van der Waals surface area (Å²) in [5.74, 6) is -0.147. The van der Waals surface area contributed by atoms with E-state index in [1.165, 1.54) is 23.5 Å². The molecule has 1 saturated heterocycles. The van der Waals surface area contributed by atoms with Crippen LogP contribution in [-0.2, 0) is 0 Å². The number of nitrogens with one attached hydrogen (secondary N) is 2. The molecule has 0 spiro atoms. The minimum atomic E-state index is -0.305. The van der Waals surface area contributed by atoms with Crippen LogP contribution >= 0.6 is 11.3 Å². The van der Waals surface area contributed by atoms with Gasteiger partial charge in [-0.3, -0.25) is 4.79 Å². The summed E-state index contributed by atoms with van der Waals surface area (Å²) in [6, 6.07) is 13.9. The molecule has 1 aromatic heterocycles. The molecule has 2 fully saturated rings. The van der Waals surface area contributed by atoms with Crippen molar-refractivity contribution < 1.29 is 9.18 Å². The number of carbonyl (C=O) groups is 1. The number of amides is 1. The Kier molecular flexibility index (Phi) is 4.83. The number of aromatic nitrogens is 1. The Morgan fingerprint density at radius 2 is 2.06 bits per heavy atom. The molecule has 1 aliphatic heterocycles. The number of nitrogens with zero attached hydrogens (tertiary/aromatic N) is 3. The molecule has 1 amide bonds. The van der Waals surface area contributed by atoms with E-state index in [0.717, 1.165) is 34.7 Å². The fourth-order valence-corrected chi connectivity index (χ4v) is 5.25. The quantitative estimate of drug-likeness (QED) is 0.584. The Balaban J connectivity index is 1.35. The smallest absolute Gasteiger partial charge is 0.280 e. The van der Waals surface area contributed by atoms with Crippen molar-refractivity contribution in [3.63, 3.8) is 0 Å². The van der Waals surface area contributed by atoms with E-state index < -0.39 is 0 Å². The molecule has 0 bridgehead atoms. The first-order valence-electron chi connectivity index (χ1n) is 10.1. The number of rotatable bonds is 5. The van der Waals surface area contributed by atoms with Gasteiger partial charge in [-0.05, 0) is 43.2 Å². The normalized spacial score (nSPS) is 21.7. The SMILES string of the molecule is N#CN1CC2CC[C@]2(NC(=O)c2ncc(-c3ccccc3Nc3ccc(F)cc3)s2)C1. The van der Waals surface area contributed by atoms with Gasteiger partial charge in [-0.15, -0.1) is 11.3 Å². The van der Waals surface area contributed by atoms with E-state index >= 15 is 0 Å². The van der Waals surface area contributed by atoms with Crippen LogP contribution in [0.25, 0.3) is 10.4 Å². The van der Waals surface area contributed by atoms with Crippen molar-refractivity contribution in [1.82, 2.24) is 15.2 Å². The maximum absolute atomic E-state index is 13.2. The molecule has 3 aromatic rings. The molecule has 0 radical (unpaired) electrons. The van der Waals surface area contributed by atoms with Gasteiger partial charge in [0.25, 0.3) is 5.91 Å². The summed E-state index contributed by atoms with van der Waals surface area (Å²) in [4.78, 5) is 19.9. The van der Waals surface area contributed by atoms with Gasteiger partial charge in [0.15, 0.2) is 11.2 Å². The van der Waals surface area contributed by atoms with Crippen LogP contribution in [0.3, 0.4) is 0 Å². The van der Waals surface area contributed by atoms with Crippen molar-refractivity contribution in [2.75, 3.05) is 18.4 Å². The van der Waals surface area contributed by atoms with E-state index in [4.69, 9.17) is 0 Å². The highest BCUT2D eigenvalue weighted by molar-refractivity contribution is 7.17. The summed E-state index contributed by atoms with van der Waals surface area (Å²) >= 11 is 1.33. The molecule has 2 aliphatic rings. The second-order valence-electron chi connectivity index (χ2n) is 8.03. The van der Waals surface area contributed by atoms with Crippen LogP contribution < -0.4 is 10.6 Å². The predicted octanol–water partition coefficient (Wildman–Crippen LogP) is 4.37. The average Bonchev–Trinajstić information content (AvgIpc) is 3.35. The molecule has 1 unspecified atom stereocenters. The predicted molar refractivity (Wildman–Crippen MR) is 117 cm³/mol. The molecule has 1 saturated carbocycles. The molecule has 1 aliphatic carbocycles. The van der Waals surface area contributed by atoms with Gasteiger partial charge in [0, 0.05) is 35.6 Å². The van der Waals surface area contributed by atoms with Crippen LogP contribution in [0.15, 0.2) is 54.7 Å². The maximum Gasteiger partial charge on any atom is 0.280 e. The lowest BCUT2D eigenvalue weighted by atomic mass is 9.69. The van der Waals surface area contributed by atoms with Gasteiger partial charge in [0.2, 0.25) is 0 Å². The number of para-hydroxylation sites is 1. The number of hydrogen-bond donors (Lipinski definition) is 2. The van der Waals surface area contributed by atoms with Crippen LogP contribution in [-0.4, -0.2) is 34.4 Å². The van der Waals surface area contributed by atoms with Crippen molar-refractivity contribution in [3.05, 3.63) is 65.6 Å². The largest absolute Gasteiger partial charge is 0.355 e. The molecular formula is C23H20FN5OS. The molecule has 2 N–H and O–H groups in total. The van der Waals surface area contributed by atoms with Crippen molar-refractivity contribution in [3.8, 4) is 16.6 Å². The van der Waals surface area contributed by atoms with E-state index in [1.54, 1.807) is 23.2 Å². The van der Waals surface area contributed by atoms with E-state index in [-0.39, 0.29) is 17.3 Å². The number of halogens is 1. The van der Waals surface area contributed by atoms with Crippen LogP contribution in [0.2, 0.25) is 0 Å². The van der Waals surface area contributed by atoms with Crippen molar-refractivity contribution >= 4 is 28.6 Å². The van der Waals surface area contributed by atoms with E-state index in [0.29, 0.717) is 24.0 Å². The number of carbonyl (C=O) groups excluding carboxylic acids is 1. The number of anilines is 2. The average molecular weight is 434 g/mol. The number of nitriles is 1. The summed E-state index contributed by atoms with van der Waals surface area (Å²) < 4.78 is 13.2. The summed E-state index contributed by atoms with van der Waals surface area (Å²) in [7, 11) is 0. The molecule has 31 heavy (non-hydrogen) atoms. The molecule has 8 heteroatoms. The highest BCUT2D eigenvalue weighted by Crippen LogP contribution is 2.44. The van der Waals surface area contributed by atoms with E-state index in [1.807, 2.05) is 24.3 Å². The molecule has 156 valence electrons. The van der Waals surface area contributed by atoms with Gasteiger partial charge in [0.05, 0.1) is 17.0 Å². The number of hydrogen-bond acceptors (Lipinski definition) is 6. The third-order valence-corrected chi connectivity index (χ3v) is 7.18. The van der Waals surface area contributed by atoms with Gasteiger partial charge < -0.3 is 15.5 Å². The van der Waals surface area contributed by atoms with E-state index in [2.05, 4.69) is 21.8 Å². The lowest BCUT2D eigenvalue weighted by Gasteiger charge is -2.44. The zero-order valence-electron chi connectivity index (χ0n) is 16.6. The molecule has 6 nitrogen and oxygen atoms in total. The Hall–Kier alpha value is -3.44. The van der Waals surface area contributed by atoms with Crippen LogP contribution in [0.4, 0.5) is 15.8 Å². The lowest BCUT2D eigenvalue weighted by molar-refractivity contribution is 0.0762. The lowest BCUT2D eigenvalue weighted by Crippen LogP contribution is -2.60. The van der Waals surface area contributed by atoms with Crippen molar-refractivity contribution in [2.24, 2.45) is 5.92 Å². The first-order valence-corrected chi connectivity index (χ1v) is 10.9. The summed E-state index contributed by atoms with van der Waals surface area (Å²) in [6.07, 6.45) is 5.83. The first-order chi connectivity index (χ1) is 15.1. The van der Waals surface area contributed by atoms with Crippen LogP contribution in [0, 0.1) is 23.2 Å². The number of likely N-dealkylation sites (tertiary alicyclic amines) is 1. The fraction of sp³-hybridized carbons (Fsp3) is 0.261.